The van der Waals surface area contributed by atoms with E-state index in [0.29, 0.717) is 23.6 Å². The Bertz CT molecular complexity index is 1250. The van der Waals surface area contributed by atoms with E-state index < -0.39 is 11.9 Å². The summed E-state index contributed by atoms with van der Waals surface area (Å²) in [7, 11) is 1.51. The molecule has 3 aromatic rings. The molecule has 34 heavy (non-hydrogen) atoms. The number of aromatic carboxylic acids is 1. The zero-order chi connectivity index (χ0) is 24.5. The predicted molar refractivity (Wildman–Crippen MR) is 135 cm³/mol. The highest BCUT2D eigenvalue weighted by molar-refractivity contribution is 14.1. The Morgan fingerprint density at radius 2 is 1.79 bits per heavy atom. The minimum absolute atomic E-state index is 0.0269. The molecule has 0 aromatic heterocycles. The number of nitrogens with one attached hydrogen (secondary N) is 1. The Balaban J connectivity index is 1.74. The molecule has 172 valence electrons. The molecule has 0 fully saturated rings. The number of nitriles is 1. The van der Waals surface area contributed by atoms with Crippen LogP contribution in [0.3, 0.4) is 0 Å². The molecule has 1 amide bonds. The molecule has 0 aliphatic carbocycles. The zero-order valence-electron chi connectivity index (χ0n) is 18.2. The van der Waals surface area contributed by atoms with Crippen LogP contribution >= 0.6 is 22.6 Å². The van der Waals surface area contributed by atoms with Gasteiger partial charge in [0.2, 0.25) is 0 Å². The van der Waals surface area contributed by atoms with Crippen LogP contribution in [0.5, 0.6) is 11.5 Å². The third-order valence-corrected chi connectivity index (χ3v) is 5.61. The van der Waals surface area contributed by atoms with Crippen LogP contribution < -0.4 is 14.8 Å². The van der Waals surface area contributed by atoms with Crippen molar-refractivity contribution < 1.29 is 24.2 Å². The van der Waals surface area contributed by atoms with Crippen molar-refractivity contribution in [1.29, 1.82) is 5.26 Å². The van der Waals surface area contributed by atoms with Crippen LogP contribution in [0.4, 0.5) is 0 Å². The standard InChI is InChI=1S/C26H21IN2O5/c1-33-23-13-19(11-21(14-28)25(30)29-15-17-5-3-2-4-6-17)12-22(27)24(23)34-16-18-7-9-20(10-8-18)26(31)32/h2-13H,15-16H2,1H3,(H,29,30)(H,31,32)/b21-11-. The van der Waals surface area contributed by atoms with Crippen LogP contribution in [-0.2, 0) is 17.9 Å². The van der Waals surface area contributed by atoms with E-state index in [9.17, 15) is 14.9 Å². The van der Waals surface area contributed by atoms with Crippen molar-refractivity contribution in [2.45, 2.75) is 13.2 Å². The molecule has 0 spiro atoms. The fourth-order valence-corrected chi connectivity index (χ4v) is 3.83. The molecule has 3 rings (SSSR count). The van der Waals surface area contributed by atoms with Crippen LogP contribution in [0.25, 0.3) is 6.08 Å². The summed E-state index contributed by atoms with van der Waals surface area (Å²) in [6.07, 6.45) is 1.50. The summed E-state index contributed by atoms with van der Waals surface area (Å²) in [5.41, 5.74) is 2.53. The first-order valence-electron chi connectivity index (χ1n) is 10.2. The second kappa shape index (κ2) is 11.9. The fraction of sp³-hybridized carbons (Fsp3) is 0.115. The molecule has 0 aliphatic rings. The largest absolute Gasteiger partial charge is 0.493 e. The topological polar surface area (TPSA) is 109 Å². The van der Waals surface area contributed by atoms with Crippen molar-refractivity contribution in [1.82, 2.24) is 5.32 Å². The molecular weight excluding hydrogens is 547 g/mol. The molecule has 8 heteroatoms. The number of amides is 1. The van der Waals surface area contributed by atoms with Gasteiger partial charge in [0.1, 0.15) is 18.2 Å². The van der Waals surface area contributed by atoms with E-state index in [1.54, 1.807) is 24.3 Å². The quantitative estimate of drug-likeness (QED) is 0.218. The smallest absolute Gasteiger partial charge is 0.335 e. The number of carboxylic acid groups (broad SMARTS) is 1. The van der Waals surface area contributed by atoms with Crippen LogP contribution in [0, 0.1) is 14.9 Å². The average Bonchev–Trinajstić information content (AvgIpc) is 2.85. The molecule has 0 radical (unpaired) electrons. The molecule has 2 N–H and O–H groups in total. The number of methoxy groups -OCH3 is 1. The van der Waals surface area contributed by atoms with Gasteiger partial charge in [0.25, 0.3) is 5.91 Å². The van der Waals surface area contributed by atoms with Gasteiger partial charge in [-0.3, -0.25) is 4.79 Å². The summed E-state index contributed by atoms with van der Waals surface area (Å²) in [6, 6.07) is 21.3. The maximum absolute atomic E-state index is 12.5. The molecule has 0 saturated heterocycles. The second-order valence-electron chi connectivity index (χ2n) is 7.16. The molecule has 0 saturated carbocycles. The Labute approximate surface area is 210 Å². The minimum Gasteiger partial charge on any atom is -0.493 e. The van der Waals surface area contributed by atoms with Gasteiger partial charge in [0, 0.05) is 6.54 Å². The van der Waals surface area contributed by atoms with Crippen molar-refractivity contribution in [3.8, 4) is 17.6 Å². The van der Waals surface area contributed by atoms with Gasteiger partial charge in [0.15, 0.2) is 11.5 Å². The highest BCUT2D eigenvalue weighted by atomic mass is 127. The van der Waals surface area contributed by atoms with Crippen molar-refractivity contribution in [2.75, 3.05) is 7.11 Å². The first kappa shape index (κ1) is 24.8. The normalized spacial score (nSPS) is 10.8. The first-order chi connectivity index (χ1) is 16.4. The monoisotopic (exact) mass is 568 g/mol. The van der Waals surface area contributed by atoms with Gasteiger partial charge in [-0.2, -0.15) is 5.26 Å². The lowest BCUT2D eigenvalue weighted by atomic mass is 10.1. The maximum atomic E-state index is 12.5. The summed E-state index contributed by atoms with van der Waals surface area (Å²) in [4.78, 5) is 23.5. The SMILES string of the molecule is COc1cc(/C=C(/C#N)C(=O)NCc2ccccc2)cc(I)c1OCc1ccc(C(=O)O)cc1. The molecular formula is C26H21IN2O5. The van der Waals surface area contributed by atoms with E-state index in [4.69, 9.17) is 14.6 Å². The Hall–Kier alpha value is -3.84. The van der Waals surface area contributed by atoms with E-state index in [1.165, 1.54) is 25.3 Å². The molecule has 7 nitrogen and oxygen atoms in total. The number of ether oxygens (including phenoxy) is 2. The maximum Gasteiger partial charge on any atom is 0.335 e. The van der Waals surface area contributed by atoms with Crippen molar-refractivity contribution in [3.63, 3.8) is 0 Å². The van der Waals surface area contributed by atoms with Gasteiger partial charge in [-0.05, 0) is 69.6 Å². The number of carboxylic acids is 1. The van der Waals surface area contributed by atoms with Gasteiger partial charge in [-0.25, -0.2) is 4.79 Å². The number of carbonyl (C=O) groups is 2. The molecule has 0 atom stereocenters. The third kappa shape index (κ3) is 6.59. The average molecular weight is 568 g/mol. The van der Waals surface area contributed by atoms with Crippen LogP contribution in [0.1, 0.15) is 27.0 Å². The van der Waals surface area contributed by atoms with E-state index in [2.05, 4.69) is 27.9 Å². The summed E-state index contributed by atoms with van der Waals surface area (Å²) in [6.45, 7) is 0.534. The highest BCUT2D eigenvalue weighted by Gasteiger charge is 2.14. The second-order valence-corrected chi connectivity index (χ2v) is 8.33. The lowest BCUT2D eigenvalue weighted by molar-refractivity contribution is -0.117. The van der Waals surface area contributed by atoms with Gasteiger partial charge in [-0.15, -0.1) is 0 Å². The summed E-state index contributed by atoms with van der Waals surface area (Å²) in [5, 5.41) is 21.3. The number of nitrogens with zero attached hydrogens (tertiary/aromatic N) is 1. The van der Waals surface area contributed by atoms with E-state index in [-0.39, 0.29) is 17.7 Å². The number of carbonyl (C=O) groups excluding carboxylic acids is 1. The van der Waals surface area contributed by atoms with Gasteiger partial charge in [-0.1, -0.05) is 42.5 Å². The van der Waals surface area contributed by atoms with Crippen LogP contribution in [0.2, 0.25) is 0 Å². The first-order valence-corrected chi connectivity index (χ1v) is 11.3. The van der Waals surface area contributed by atoms with E-state index in [1.807, 2.05) is 36.4 Å². The van der Waals surface area contributed by atoms with Crippen molar-refractivity contribution in [3.05, 3.63) is 98.1 Å². The lowest BCUT2D eigenvalue weighted by Crippen LogP contribution is -2.23. The number of rotatable bonds is 9. The number of hydrogen-bond donors (Lipinski definition) is 2. The van der Waals surface area contributed by atoms with Crippen molar-refractivity contribution in [2.24, 2.45) is 0 Å². The summed E-state index contributed by atoms with van der Waals surface area (Å²) in [5.74, 6) is -0.500. The summed E-state index contributed by atoms with van der Waals surface area (Å²) >= 11 is 2.10. The Kier molecular flexibility index (Phi) is 8.65. The zero-order valence-corrected chi connectivity index (χ0v) is 20.4. The fourth-order valence-electron chi connectivity index (χ4n) is 3.05. The predicted octanol–water partition coefficient (Wildman–Crippen LogP) is 4.80. The van der Waals surface area contributed by atoms with E-state index in [0.717, 1.165) is 14.7 Å². The Morgan fingerprint density at radius 1 is 1.09 bits per heavy atom. The number of benzene rings is 3. The summed E-state index contributed by atoms with van der Waals surface area (Å²) < 4.78 is 12.1. The van der Waals surface area contributed by atoms with E-state index >= 15 is 0 Å². The number of hydrogen-bond acceptors (Lipinski definition) is 5. The van der Waals surface area contributed by atoms with Gasteiger partial charge < -0.3 is 19.9 Å². The highest BCUT2D eigenvalue weighted by Crippen LogP contribution is 2.35. The van der Waals surface area contributed by atoms with Crippen LogP contribution in [0.15, 0.2) is 72.3 Å². The molecule has 3 aromatic carbocycles. The molecule has 0 bridgehead atoms. The minimum atomic E-state index is -0.988. The third-order valence-electron chi connectivity index (χ3n) is 4.81. The molecule has 0 aliphatic heterocycles. The molecule has 0 unspecified atom stereocenters. The lowest BCUT2D eigenvalue weighted by Gasteiger charge is -2.14. The van der Waals surface area contributed by atoms with Crippen LogP contribution in [-0.4, -0.2) is 24.1 Å². The van der Waals surface area contributed by atoms with Gasteiger partial charge >= 0.3 is 5.97 Å². The van der Waals surface area contributed by atoms with Crippen molar-refractivity contribution >= 4 is 40.5 Å². The van der Waals surface area contributed by atoms with Gasteiger partial charge in [0.05, 0.1) is 16.2 Å². The Morgan fingerprint density at radius 3 is 2.41 bits per heavy atom. The number of halogens is 1. The molecule has 0 heterocycles.